The third-order valence-electron chi connectivity index (χ3n) is 3.91. The average Bonchev–Trinajstić information content (AvgIpc) is 3.12. The molecular weight excluding hydrogens is 344 g/mol. The summed E-state index contributed by atoms with van der Waals surface area (Å²) >= 11 is 0. The van der Waals surface area contributed by atoms with Crippen molar-refractivity contribution in [3.05, 3.63) is 83.9 Å². The Bertz CT molecular complexity index is 980. The Morgan fingerprint density at radius 2 is 1.78 bits per heavy atom. The van der Waals surface area contributed by atoms with E-state index in [4.69, 9.17) is 0 Å². The minimum atomic E-state index is -0.799. The maximum atomic E-state index is 12.5. The lowest BCUT2D eigenvalue weighted by molar-refractivity contribution is -0.136. The molecule has 0 aliphatic heterocycles. The number of aromatic nitrogens is 2. The third-order valence-corrected chi connectivity index (χ3v) is 3.91. The largest absolute Gasteiger partial charge is 0.344 e. The van der Waals surface area contributed by atoms with Crippen molar-refractivity contribution >= 4 is 23.3 Å². The molecule has 1 heterocycles. The first-order valence-corrected chi connectivity index (χ1v) is 8.30. The summed E-state index contributed by atoms with van der Waals surface area (Å²) in [5.41, 5.74) is 1.61. The minimum absolute atomic E-state index is 0.255. The highest BCUT2D eigenvalue weighted by atomic mass is 16.2. The molecule has 0 saturated heterocycles. The van der Waals surface area contributed by atoms with Crippen molar-refractivity contribution in [1.29, 1.82) is 0 Å². The van der Waals surface area contributed by atoms with Crippen molar-refractivity contribution in [2.75, 3.05) is 5.32 Å². The van der Waals surface area contributed by atoms with Crippen LogP contribution in [0.2, 0.25) is 0 Å². The second-order valence-electron chi connectivity index (χ2n) is 5.89. The minimum Gasteiger partial charge on any atom is -0.344 e. The molecule has 7 heteroatoms. The van der Waals surface area contributed by atoms with Crippen LogP contribution in [0, 0.1) is 0 Å². The molecule has 0 radical (unpaired) electrons. The van der Waals surface area contributed by atoms with Gasteiger partial charge in [0.15, 0.2) is 5.82 Å². The van der Waals surface area contributed by atoms with Gasteiger partial charge in [0.2, 0.25) is 5.78 Å². The molecule has 0 atom stereocenters. The second-order valence-corrected chi connectivity index (χ2v) is 5.89. The molecule has 2 amide bonds. The van der Waals surface area contributed by atoms with Crippen molar-refractivity contribution in [2.45, 2.75) is 6.54 Å². The van der Waals surface area contributed by atoms with Crippen LogP contribution in [-0.2, 0) is 23.2 Å². The highest BCUT2D eigenvalue weighted by Gasteiger charge is 2.16. The van der Waals surface area contributed by atoms with Gasteiger partial charge in [-0.25, -0.2) is 4.98 Å². The number of aryl methyl sites for hydroxylation is 1. The SMILES string of the molecule is Cn1ccnc1C(=O)c1cccc(NC(=O)C(=O)NCc2ccccc2)c1. The molecule has 0 aliphatic rings. The molecule has 0 spiro atoms. The van der Waals surface area contributed by atoms with E-state index in [0.717, 1.165) is 5.56 Å². The molecule has 1 aromatic heterocycles. The summed E-state index contributed by atoms with van der Waals surface area (Å²) in [4.78, 5) is 40.6. The Morgan fingerprint density at radius 3 is 2.48 bits per heavy atom. The van der Waals surface area contributed by atoms with Crippen molar-refractivity contribution < 1.29 is 14.4 Å². The Kier molecular flexibility index (Phi) is 5.41. The Labute approximate surface area is 156 Å². The number of hydrogen-bond donors (Lipinski definition) is 2. The monoisotopic (exact) mass is 362 g/mol. The van der Waals surface area contributed by atoms with Crippen molar-refractivity contribution in [1.82, 2.24) is 14.9 Å². The lowest BCUT2D eigenvalue weighted by atomic mass is 10.1. The zero-order valence-corrected chi connectivity index (χ0v) is 14.7. The predicted octanol–water partition coefficient (Wildman–Crippen LogP) is 1.91. The van der Waals surface area contributed by atoms with Gasteiger partial charge in [-0.3, -0.25) is 14.4 Å². The van der Waals surface area contributed by atoms with Crippen LogP contribution in [0.15, 0.2) is 67.0 Å². The standard InChI is InChI=1S/C20H18N4O3/c1-24-11-10-21-18(24)17(25)15-8-5-9-16(12-15)23-20(27)19(26)22-13-14-6-3-2-4-7-14/h2-12H,13H2,1H3,(H,22,26)(H,23,27). The predicted molar refractivity (Wildman–Crippen MR) is 100 cm³/mol. The van der Waals surface area contributed by atoms with Gasteiger partial charge < -0.3 is 15.2 Å². The van der Waals surface area contributed by atoms with E-state index in [-0.39, 0.29) is 12.3 Å². The van der Waals surface area contributed by atoms with Crippen LogP contribution in [-0.4, -0.2) is 27.1 Å². The number of anilines is 1. The number of benzene rings is 2. The number of nitrogens with zero attached hydrogens (tertiary/aromatic N) is 2. The molecule has 2 aromatic carbocycles. The van der Waals surface area contributed by atoms with Gasteiger partial charge in [-0.1, -0.05) is 42.5 Å². The van der Waals surface area contributed by atoms with Crippen LogP contribution >= 0.6 is 0 Å². The van der Waals surface area contributed by atoms with Crippen molar-refractivity contribution in [3.63, 3.8) is 0 Å². The van der Waals surface area contributed by atoms with Crippen molar-refractivity contribution in [3.8, 4) is 0 Å². The molecule has 0 fully saturated rings. The summed E-state index contributed by atoms with van der Waals surface area (Å²) in [5, 5.41) is 5.06. The van der Waals surface area contributed by atoms with Gasteiger partial charge in [-0.05, 0) is 17.7 Å². The van der Waals surface area contributed by atoms with E-state index in [1.807, 2.05) is 30.3 Å². The Morgan fingerprint density at radius 1 is 1.00 bits per heavy atom. The van der Waals surface area contributed by atoms with Gasteiger partial charge >= 0.3 is 11.8 Å². The number of hydrogen-bond acceptors (Lipinski definition) is 4. The maximum absolute atomic E-state index is 12.5. The summed E-state index contributed by atoms with van der Waals surface area (Å²) in [6.45, 7) is 0.255. The van der Waals surface area contributed by atoms with E-state index >= 15 is 0 Å². The van der Waals surface area contributed by atoms with E-state index in [2.05, 4.69) is 15.6 Å². The van der Waals surface area contributed by atoms with Gasteiger partial charge in [0.1, 0.15) is 0 Å². The molecule has 0 saturated carbocycles. The molecule has 3 aromatic rings. The fourth-order valence-corrected chi connectivity index (χ4v) is 2.50. The third kappa shape index (κ3) is 4.46. The molecule has 136 valence electrons. The number of carbonyl (C=O) groups is 3. The first kappa shape index (κ1) is 18.1. The molecule has 2 N–H and O–H groups in total. The van der Waals surface area contributed by atoms with E-state index in [0.29, 0.717) is 17.1 Å². The smallest absolute Gasteiger partial charge is 0.313 e. The summed E-state index contributed by atoms with van der Waals surface area (Å²) in [6.07, 6.45) is 3.21. The Balaban J connectivity index is 1.63. The normalized spacial score (nSPS) is 10.3. The molecule has 0 aliphatic carbocycles. The maximum Gasteiger partial charge on any atom is 0.313 e. The summed E-state index contributed by atoms with van der Waals surface area (Å²) in [6, 6.07) is 15.7. The molecule has 7 nitrogen and oxygen atoms in total. The Hall–Kier alpha value is -3.74. The number of imidazole rings is 1. The van der Waals surface area contributed by atoms with Crippen molar-refractivity contribution in [2.24, 2.45) is 7.05 Å². The van der Waals surface area contributed by atoms with Crippen LogP contribution in [0.4, 0.5) is 5.69 Å². The topological polar surface area (TPSA) is 93.1 Å². The molecule has 27 heavy (non-hydrogen) atoms. The van der Waals surface area contributed by atoms with Gasteiger partial charge in [0.25, 0.3) is 0 Å². The van der Waals surface area contributed by atoms with Gasteiger partial charge in [0, 0.05) is 37.2 Å². The van der Waals surface area contributed by atoms with E-state index in [9.17, 15) is 14.4 Å². The highest BCUT2D eigenvalue weighted by molar-refractivity contribution is 6.39. The van der Waals surface area contributed by atoms with Crippen LogP contribution in [0.3, 0.4) is 0 Å². The lowest BCUT2D eigenvalue weighted by Gasteiger charge is -2.08. The lowest BCUT2D eigenvalue weighted by Crippen LogP contribution is -2.35. The highest BCUT2D eigenvalue weighted by Crippen LogP contribution is 2.14. The average molecular weight is 362 g/mol. The number of nitrogens with one attached hydrogen (secondary N) is 2. The fraction of sp³-hybridized carbons (Fsp3) is 0.100. The van der Waals surface area contributed by atoms with E-state index in [1.165, 1.54) is 12.3 Å². The van der Waals surface area contributed by atoms with Crippen LogP contribution in [0.25, 0.3) is 0 Å². The summed E-state index contributed by atoms with van der Waals surface area (Å²) in [7, 11) is 1.73. The first-order valence-electron chi connectivity index (χ1n) is 8.30. The molecule has 0 unspecified atom stereocenters. The number of rotatable bonds is 5. The van der Waals surface area contributed by atoms with Crippen LogP contribution < -0.4 is 10.6 Å². The van der Waals surface area contributed by atoms with Crippen LogP contribution in [0.5, 0.6) is 0 Å². The fourth-order valence-electron chi connectivity index (χ4n) is 2.50. The molecular formula is C20H18N4O3. The zero-order valence-electron chi connectivity index (χ0n) is 14.7. The first-order chi connectivity index (χ1) is 13.0. The molecule has 0 bridgehead atoms. The number of amides is 2. The molecule has 3 rings (SSSR count). The van der Waals surface area contributed by atoms with Gasteiger partial charge in [-0.2, -0.15) is 0 Å². The quantitative estimate of drug-likeness (QED) is 0.536. The number of ketones is 1. The van der Waals surface area contributed by atoms with Gasteiger partial charge in [-0.15, -0.1) is 0 Å². The zero-order chi connectivity index (χ0) is 19.2. The summed E-state index contributed by atoms with van der Waals surface area (Å²) in [5.74, 6) is -1.53. The van der Waals surface area contributed by atoms with Gasteiger partial charge in [0.05, 0.1) is 0 Å². The number of carbonyl (C=O) groups excluding carboxylic acids is 3. The van der Waals surface area contributed by atoms with Crippen LogP contribution in [0.1, 0.15) is 21.7 Å². The second kappa shape index (κ2) is 8.09. The van der Waals surface area contributed by atoms with E-state index < -0.39 is 11.8 Å². The summed E-state index contributed by atoms with van der Waals surface area (Å²) < 4.78 is 1.62. The van der Waals surface area contributed by atoms with E-state index in [1.54, 1.807) is 36.0 Å².